The number of methoxy groups -OCH3 is 1. The normalized spacial score (nSPS) is 18.0. The SMILES string of the molecule is COc1cc(C(=O)O)c(F)cc1NS(=O)(=O)c1cccc(-c2ccc(C3CCC(C(C)(C)C)CC3)cc2)c1F. The highest BCUT2D eigenvalue weighted by molar-refractivity contribution is 7.92. The topological polar surface area (TPSA) is 92.7 Å². The van der Waals surface area contributed by atoms with Crippen LogP contribution in [0.1, 0.15) is 68.3 Å². The zero-order valence-corrected chi connectivity index (χ0v) is 23.2. The van der Waals surface area contributed by atoms with E-state index in [0.29, 0.717) is 28.9 Å². The van der Waals surface area contributed by atoms with Crippen molar-refractivity contribution in [2.45, 2.75) is 57.3 Å². The molecule has 1 fully saturated rings. The number of hydrogen-bond donors (Lipinski definition) is 2. The van der Waals surface area contributed by atoms with Crippen molar-refractivity contribution in [2.75, 3.05) is 11.8 Å². The summed E-state index contributed by atoms with van der Waals surface area (Å²) in [6, 6.07) is 13.2. The fraction of sp³-hybridized carbons (Fsp3) is 0.367. The lowest BCUT2D eigenvalue weighted by Gasteiger charge is -2.37. The van der Waals surface area contributed by atoms with Crippen LogP contribution in [-0.2, 0) is 10.0 Å². The number of anilines is 1. The van der Waals surface area contributed by atoms with Gasteiger partial charge in [-0.1, -0.05) is 57.2 Å². The Hall–Kier alpha value is -3.46. The molecule has 39 heavy (non-hydrogen) atoms. The predicted octanol–water partition coefficient (Wildman–Crippen LogP) is 7.46. The summed E-state index contributed by atoms with van der Waals surface area (Å²) in [5.41, 5.74) is 1.10. The Morgan fingerprint density at radius 1 is 1.00 bits per heavy atom. The van der Waals surface area contributed by atoms with Crippen LogP contribution in [-0.4, -0.2) is 26.6 Å². The minimum Gasteiger partial charge on any atom is -0.495 e. The summed E-state index contributed by atoms with van der Waals surface area (Å²) in [6.07, 6.45) is 4.55. The lowest BCUT2D eigenvalue weighted by atomic mass is 9.68. The van der Waals surface area contributed by atoms with Crippen LogP contribution in [0.3, 0.4) is 0 Å². The van der Waals surface area contributed by atoms with Crippen LogP contribution in [0, 0.1) is 23.0 Å². The second kappa shape index (κ2) is 11.0. The van der Waals surface area contributed by atoms with Gasteiger partial charge >= 0.3 is 5.97 Å². The van der Waals surface area contributed by atoms with Crippen LogP contribution in [0.2, 0.25) is 0 Å². The molecule has 1 saturated carbocycles. The lowest BCUT2D eigenvalue weighted by Crippen LogP contribution is -2.25. The zero-order chi connectivity index (χ0) is 28.5. The molecular weight excluding hydrogens is 524 g/mol. The summed E-state index contributed by atoms with van der Waals surface area (Å²) in [5, 5.41) is 9.11. The fourth-order valence-electron chi connectivity index (χ4n) is 5.33. The Bertz CT molecular complexity index is 1470. The molecule has 4 rings (SSSR count). The third kappa shape index (κ3) is 6.08. The number of halogens is 2. The molecule has 0 aromatic heterocycles. The molecule has 0 unspecified atom stereocenters. The Morgan fingerprint density at radius 3 is 2.21 bits per heavy atom. The highest BCUT2D eigenvalue weighted by Crippen LogP contribution is 2.43. The van der Waals surface area contributed by atoms with E-state index in [1.54, 1.807) is 12.1 Å². The van der Waals surface area contributed by atoms with Gasteiger partial charge in [0.25, 0.3) is 10.0 Å². The van der Waals surface area contributed by atoms with E-state index in [0.717, 1.165) is 25.0 Å². The fourth-order valence-corrected chi connectivity index (χ4v) is 6.50. The maximum absolute atomic E-state index is 15.6. The number of carbonyl (C=O) groups is 1. The summed E-state index contributed by atoms with van der Waals surface area (Å²) < 4.78 is 63.2. The smallest absolute Gasteiger partial charge is 0.338 e. The molecular formula is C30H33F2NO5S. The van der Waals surface area contributed by atoms with Gasteiger partial charge in [-0.2, -0.15) is 0 Å². The highest BCUT2D eigenvalue weighted by atomic mass is 32.2. The van der Waals surface area contributed by atoms with E-state index in [4.69, 9.17) is 9.84 Å². The van der Waals surface area contributed by atoms with Gasteiger partial charge in [0.1, 0.15) is 16.5 Å². The monoisotopic (exact) mass is 557 g/mol. The van der Waals surface area contributed by atoms with E-state index in [9.17, 15) is 17.6 Å². The molecule has 0 saturated heterocycles. The number of nitrogens with one attached hydrogen (secondary N) is 1. The number of benzene rings is 3. The third-order valence-corrected chi connectivity index (χ3v) is 9.04. The summed E-state index contributed by atoms with van der Waals surface area (Å²) in [7, 11) is -3.34. The average molecular weight is 558 g/mol. The molecule has 3 aromatic carbocycles. The van der Waals surface area contributed by atoms with Crippen molar-refractivity contribution in [3.05, 3.63) is 77.4 Å². The number of ether oxygens (including phenoxy) is 1. The van der Waals surface area contributed by atoms with E-state index in [1.807, 2.05) is 12.1 Å². The van der Waals surface area contributed by atoms with Gasteiger partial charge in [0.15, 0.2) is 5.82 Å². The molecule has 1 aliphatic rings. The molecule has 9 heteroatoms. The minimum atomic E-state index is -4.52. The molecule has 208 valence electrons. The van der Waals surface area contributed by atoms with E-state index < -0.39 is 38.1 Å². The Labute approximate surface area is 228 Å². The summed E-state index contributed by atoms with van der Waals surface area (Å²) >= 11 is 0. The molecule has 3 aromatic rings. The van der Waals surface area contributed by atoms with Gasteiger partial charge in [-0.3, -0.25) is 4.72 Å². The maximum atomic E-state index is 15.6. The predicted molar refractivity (Wildman–Crippen MR) is 147 cm³/mol. The van der Waals surface area contributed by atoms with Crippen molar-refractivity contribution >= 4 is 21.7 Å². The van der Waals surface area contributed by atoms with E-state index in [1.165, 1.54) is 37.6 Å². The van der Waals surface area contributed by atoms with Gasteiger partial charge in [0, 0.05) is 11.6 Å². The third-order valence-electron chi connectivity index (χ3n) is 7.66. The second-order valence-corrected chi connectivity index (χ2v) is 12.7. The number of sulfonamides is 1. The zero-order valence-electron chi connectivity index (χ0n) is 22.4. The summed E-state index contributed by atoms with van der Waals surface area (Å²) in [6.45, 7) is 6.86. The molecule has 1 aliphatic carbocycles. The molecule has 2 N–H and O–H groups in total. The summed E-state index contributed by atoms with van der Waals surface area (Å²) in [5.74, 6) is -2.73. The number of hydrogen-bond acceptors (Lipinski definition) is 4. The molecule has 0 radical (unpaired) electrons. The van der Waals surface area contributed by atoms with Crippen LogP contribution in [0.25, 0.3) is 11.1 Å². The molecule has 6 nitrogen and oxygen atoms in total. The standard InChI is InChI=1S/C30H33F2NO5S/c1-30(2,3)21-14-12-19(13-15-21)18-8-10-20(11-9-18)22-6-5-7-27(28(22)32)39(36,37)33-25-17-24(31)23(29(34)35)16-26(25)38-4/h5-11,16-17,19,21,33H,12-15H2,1-4H3,(H,34,35). The Balaban J connectivity index is 1.58. The first kappa shape index (κ1) is 28.5. The van der Waals surface area contributed by atoms with E-state index in [2.05, 4.69) is 25.5 Å². The van der Waals surface area contributed by atoms with Crippen molar-refractivity contribution < 1.29 is 31.8 Å². The van der Waals surface area contributed by atoms with Crippen molar-refractivity contribution in [1.82, 2.24) is 0 Å². The molecule has 0 spiro atoms. The van der Waals surface area contributed by atoms with Crippen molar-refractivity contribution in [2.24, 2.45) is 11.3 Å². The Kier molecular flexibility index (Phi) is 8.02. The van der Waals surface area contributed by atoms with Crippen LogP contribution < -0.4 is 9.46 Å². The van der Waals surface area contributed by atoms with Gasteiger partial charge in [0.2, 0.25) is 0 Å². The van der Waals surface area contributed by atoms with E-state index in [-0.39, 0.29) is 17.0 Å². The quantitative estimate of drug-likeness (QED) is 0.315. The first-order chi connectivity index (χ1) is 18.3. The van der Waals surface area contributed by atoms with Crippen molar-refractivity contribution in [3.8, 4) is 16.9 Å². The molecule has 0 heterocycles. The second-order valence-electron chi connectivity index (χ2n) is 11.1. The van der Waals surface area contributed by atoms with Crippen molar-refractivity contribution in [1.29, 1.82) is 0 Å². The first-order valence-electron chi connectivity index (χ1n) is 12.8. The van der Waals surface area contributed by atoms with Crippen LogP contribution >= 0.6 is 0 Å². The first-order valence-corrected chi connectivity index (χ1v) is 14.3. The highest BCUT2D eigenvalue weighted by Gasteiger charge is 2.30. The maximum Gasteiger partial charge on any atom is 0.338 e. The van der Waals surface area contributed by atoms with Gasteiger partial charge in [-0.15, -0.1) is 0 Å². The number of carboxylic acids is 1. The van der Waals surface area contributed by atoms with Crippen molar-refractivity contribution in [3.63, 3.8) is 0 Å². The molecule has 0 amide bonds. The van der Waals surface area contributed by atoms with Gasteiger partial charge in [-0.05, 0) is 66.2 Å². The largest absolute Gasteiger partial charge is 0.495 e. The van der Waals surface area contributed by atoms with Crippen LogP contribution in [0.4, 0.5) is 14.5 Å². The van der Waals surface area contributed by atoms with Gasteiger partial charge < -0.3 is 9.84 Å². The Morgan fingerprint density at radius 2 is 1.64 bits per heavy atom. The lowest BCUT2D eigenvalue weighted by molar-refractivity contribution is 0.0691. The number of carboxylic acid groups (broad SMARTS) is 1. The molecule has 0 bridgehead atoms. The number of rotatable bonds is 7. The molecule has 0 aliphatic heterocycles. The van der Waals surface area contributed by atoms with E-state index >= 15 is 4.39 Å². The van der Waals surface area contributed by atoms with Crippen LogP contribution in [0.5, 0.6) is 5.75 Å². The minimum absolute atomic E-state index is 0.111. The van der Waals surface area contributed by atoms with Crippen LogP contribution in [0.15, 0.2) is 59.5 Å². The van der Waals surface area contributed by atoms with Gasteiger partial charge in [-0.25, -0.2) is 22.0 Å². The summed E-state index contributed by atoms with van der Waals surface area (Å²) in [4.78, 5) is 10.6. The molecule has 0 atom stereocenters. The van der Waals surface area contributed by atoms with Gasteiger partial charge in [0.05, 0.1) is 18.4 Å². The number of aromatic carboxylic acids is 1. The average Bonchev–Trinajstić information content (AvgIpc) is 2.88.